The van der Waals surface area contributed by atoms with Crippen LogP contribution in [0.2, 0.25) is 5.02 Å². The molecule has 2 amide bonds. The number of carbonyl (C=O) groups is 2. The van der Waals surface area contributed by atoms with Crippen molar-refractivity contribution in [3.8, 4) is 11.3 Å². The highest BCUT2D eigenvalue weighted by atomic mass is 35.5. The Bertz CT molecular complexity index is 1300. The predicted molar refractivity (Wildman–Crippen MR) is 143 cm³/mol. The van der Waals surface area contributed by atoms with E-state index in [0.717, 1.165) is 35.1 Å². The van der Waals surface area contributed by atoms with E-state index in [1.54, 1.807) is 18.2 Å². The zero-order valence-electron chi connectivity index (χ0n) is 19.2. The summed E-state index contributed by atoms with van der Waals surface area (Å²) in [6.07, 6.45) is 3.49. The van der Waals surface area contributed by atoms with Gasteiger partial charge in [0.15, 0.2) is 5.69 Å². The van der Waals surface area contributed by atoms with Gasteiger partial charge in [-0.15, -0.1) is 0 Å². The molecule has 2 aromatic carbocycles. The zero-order valence-corrected chi connectivity index (χ0v) is 21.6. The van der Waals surface area contributed by atoms with Gasteiger partial charge in [0.1, 0.15) is 4.32 Å². The summed E-state index contributed by atoms with van der Waals surface area (Å²) in [5.41, 5.74) is 4.45. The fourth-order valence-corrected chi connectivity index (χ4v) is 5.07. The van der Waals surface area contributed by atoms with E-state index in [1.165, 1.54) is 16.7 Å². The van der Waals surface area contributed by atoms with Gasteiger partial charge in [-0.1, -0.05) is 73.7 Å². The fraction of sp³-hybridized carbons (Fsp3) is 0.240. The molecule has 2 heterocycles. The lowest BCUT2D eigenvalue weighted by Gasteiger charge is -2.14. The van der Waals surface area contributed by atoms with E-state index in [2.05, 4.69) is 41.6 Å². The molecule has 1 aliphatic heterocycles. The van der Waals surface area contributed by atoms with E-state index in [-0.39, 0.29) is 30.6 Å². The maximum atomic E-state index is 12.8. The Morgan fingerprint density at radius 3 is 2.66 bits per heavy atom. The Balaban J connectivity index is 1.42. The molecule has 0 atom stereocenters. The molecule has 0 saturated carbocycles. The number of hydrogen-bond donors (Lipinski definition) is 1. The number of nitrogens with zero attached hydrogens (tertiary/aromatic N) is 3. The van der Waals surface area contributed by atoms with Crippen molar-refractivity contribution in [2.24, 2.45) is 0 Å². The minimum Gasteiger partial charge on any atom is -0.306 e. The predicted octanol–water partition coefficient (Wildman–Crippen LogP) is 5.74. The first-order valence-corrected chi connectivity index (χ1v) is 12.7. The fourth-order valence-electron chi connectivity index (χ4n) is 3.63. The number of amides is 2. The third kappa shape index (κ3) is 5.80. The Labute approximate surface area is 217 Å². The Morgan fingerprint density at radius 1 is 1.17 bits per heavy atom. The number of nitrogens with one attached hydrogen (secondary N) is 1. The van der Waals surface area contributed by atoms with Crippen LogP contribution in [0.1, 0.15) is 37.0 Å². The van der Waals surface area contributed by atoms with Crippen LogP contribution in [0.5, 0.6) is 0 Å². The zero-order chi connectivity index (χ0) is 24.9. The van der Waals surface area contributed by atoms with Crippen LogP contribution >= 0.6 is 35.6 Å². The van der Waals surface area contributed by atoms with Gasteiger partial charge in [-0.25, -0.2) is 4.63 Å². The SMILES string of the molecule is CCc1ccc(CC)c(-c2nonc2NC(=O)CCN2C(=O)/C(=C/c3ccc(Cl)cc3)SC2=S)c1. The summed E-state index contributed by atoms with van der Waals surface area (Å²) in [6, 6.07) is 13.3. The molecule has 10 heteroatoms. The topological polar surface area (TPSA) is 88.3 Å². The van der Waals surface area contributed by atoms with Crippen LogP contribution in [0, 0.1) is 0 Å². The number of anilines is 1. The second kappa shape index (κ2) is 11.2. The number of thiocarbonyl (C=S) groups is 1. The first-order chi connectivity index (χ1) is 16.9. The van der Waals surface area contributed by atoms with Crippen LogP contribution in [0.15, 0.2) is 52.0 Å². The molecule has 3 aromatic rings. The van der Waals surface area contributed by atoms with Crippen LogP contribution in [0.3, 0.4) is 0 Å². The van der Waals surface area contributed by atoms with Gasteiger partial charge < -0.3 is 5.32 Å². The number of hydrogen-bond acceptors (Lipinski definition) is 7. The maximum absolute atomic E-state index is 12.8. The summed E-state index contributed by atoms with van der Waals surface area (Å²) in [7, 11) is 0. The number of rotatable bonds is 8. The molecule has 1 fully saturated rings. The normalized spacial score (nSPS) is 14.7. The lowest BCUT2D eigenvalue weighted by Crippen LogP contribution is -2.31. The summed E-state index contributed by atoms with van der Waals surface area (Å²) in [5, 5.41) is 11.3. The largest absolute Gasteiger partial charge is 0.306 e. The molecule has 1 saturated heterocycles. The number of benzene rings is 2. The molecule has 0 aliphatic carbocycles. The summed E-state index contributed by atoms with van der Waals surface area (Å²) in [4.78, 5) is 27.5. The van der Waals surface area contributed by atoms with Crippen molar-refractivity contribution in [2.75, 3.05) is 11.9 Å². The quantitative estimate of drug-likeness (QED) is 0.295. The smallest absolute Gasteiger partial charge is 0.266 e. The molecule has 4 rings (SSSR count). The van der Waals surface area contributed by atoms with Gasteiger partial charge in [0.2, 0.25) is 11.7 Å². The second-order valence-corrected chi connectivity index (χ2v) is 9.96. The molecule has 1 aliphatic rings. The molecule has 0 bridgehead atoms. The number of carbonyl (C=O) groups excluding carboxylic acids is 2. The van der Waals surface area contributed by atoms with E-state index >= 15 is 0 Å². The third-order valence-electron chi connectivity index (χ3n) is 5.57. The van der Waals surface area contributed by atoms with Gasteiger partial charge in [0.05, 0.1) is 4.91 Å². The minimum absolute atomic E-state index is 0.0442. The first kappa shape index (κ1) is 25.1. The van der Waals surface area contributed by atoms with Gasteiger partial charge in [0.25, 0.3) is 5.91 Å². The van der Waals surface area contributed by atoms with E-state index in [9.17, 15) is 9.59 Å². The molecule has 180 valence electrons. The van der Waals surface area contributed by atoms with Gasteiger partial charge >= 0.3 is 0 Å². The van der Waals surface area contributed by atoms with Crippen molar-refractivity contribution in [2.45, 2.75) is 33.1 Å². The summed E-state index contributed by atoms with van der Waals surface area (Å²) in [5.74, 6) is -0.288. The summed E-state index contributed by atoms with van der Waals surface area (Å²) in [6.45, 7) is 4.29. The molecule has 7 nitrogen and oxygen atoms in total. The molecular formula is C25H23ClN4O3S2. The number of thioether (sulfide) groups is 1. The average molecular weight is 527 g/mol. The van der Waals surface area contributed by atoms with Crippen LogP contribution in [0.4, 0.5) is 5.82 Å². The second-order valence-electron chi connectivity index (χ2n) is 7.84. The van der Waals surface area contributed by atoms with Crippen molar-refractivity contribution in [3.63, 3.8) is 0 Å². The van der Waals surface area contributed by atoms with Crippen LogP contribution in [0.25, 0.3) is 17.3 Å². The molecule has 0 spiro atoms. The first-order valence-electron chi connectivity index (χ1n) is 11.1. The molecule has 35 heavy (non-hydrogen) atoms. The van der Waals surface area contributed by atoms with Crippen LogP contribution in [-0.4, -0.2) is 37.9 Å². The number of aryl methyl sites for hydroxylation is 2. The van der Waals surface area contributed by atoms with Crippen molar-refractivity contribution >= 4 is 63.6 Å². The van der Waals surface area contributed by atoms with Gasteiger partial charge in [0, 0.05) is 23.6 Å². The lowest BCUT2D eigenvalue weighted by atomic mass is 9.98. The molecule has 1 aromatic heterocycles. The van der Waals surface area contributed by atoms with Crippen molar-refractivity contribution in [3.05, 3.63) is 69.1 Å². The van der Waals surface area contributed by atoms with Gasteiger partial charge in [-0.05, 0) is 64.1 Å². The Morgan fingerprint density at radius 2 is 1.94 bits per heavy atom. The number of halogens is 1. The Kier molecular flexibility index (Phi) is 8.00. The minimum atomic E-state index is -0.317. The summed E-state index contributed by atoms with van der Waals surface area (Å²) >= 11 is 12.5. The van der Waals surface area contributed by atoms with Crippen LogP contribution < -0.4 is 5.32 Å². The van der Waals surface area contributed by atoms with E-state index in [4.69, 9.17) is 28.4 Å². The monoisotopic (exact) mass is 526 g/mol. The molecule has 1 N–H and O–H groups in total. The maximum Gasteiger partial charge on any atom is 0.266 e. The molecule has 0 radical (unpaired) electrons. The molecule has 0 unspecified atom stereocenters. The molecular weight excluding hydrogens is 504 g/mol. The highest BCUT2D eigenvalue weighted by molar-refractivity contribution is 8.26. The highest BCUT2D eigenvalue weighted by Gasteiger charge is 2.32. The van der Waals surface area contributed by atoms with E-state index in [1.807, 2.05) is 18.2 Å². The van der Waals surface area contributed by atoms with Gasteiger partial charge in [-0.3, -0.25) is 14.5 Å². The number of aromatic nitrogens is 2. The van der Waals surface area contributed by atoms with Crippen molar-refractivity contribution in [1.82, 2.24) is 15.2 Å². The van der Waals surface area contributed by atoms with Crippen molar-refractivity contribution in [1.29, 1.82) is 0 Å². The summed E-state index contributed by atoms with van der Waals surface area (Å²) < 4.78 is 5.36. The van der Waals surface area contributed by atoms with E-state index < -0.39 is 0 Å². The average Bonchev–Trinajstić information content (AvgIpc) is 3.42. The standard InChI is InChI=1S/C25H23ClN4O3S2/c1-3-15-5-8-17(4-2)19(13-15)22-23(29-33-28-22)27-21(31)11-12-30-24(32)20(35-25(30)34)14-16-6-9-18(26)10-7-16/h5-10,13-14H,3-4,11-12H2,1-2H3,(H,27,29,31)/b20-14-. The van der Waals surface area contributed by atoms with E-state index in [0.29, 0.717) is 19.9 Å². The third-order valence-corrected chi connectivity index (χ3v) is 7.20. The highest BCUT2D eigenvalue weighted by Crippen LogP contribution is 2.33. The Hall–Kier alpha value is -3.01. The van der Waals surface area contributed by atoms with Crippen molar-refractivity contribution < 1.29 is 14.2 Å². The van der Waals surface area contributed by atoms with Gasteiger partial charge in [-0.2, -0.15) is 0 Å². The lowest BCUT2D eigenvalue weighted by molar-refractivity contribution is -0.122. The van der Waals surface area contributed by atoms with Crippen LogP contribution in [-0.2, 0) is 22.4 Å².